The molecule has 4 aliphatic heterocycles. The van der Waals surface area contributed by atoms with Gasteiger partial charge in [0.2, 0.25) is 5.91 Å². The average molecular weight is 515 g/mol. The number of anilines is 1. The molecule has 6 atom stereocenters. The minimum absolute atomic E-state index is 0.0922. The van der Waals surface area contributed by atoms with Gasteiger partial charge in [-0.3, -0.25) is 14.4 Å². The Morgan fingerprint density at radius 1 is 1.14 bits per heavy atom. The highest BCUT2D eigenvalue weighted by atomic mass is 35.5. The SMILES string of the molecule is Cc1cccc(Cl)c1N1CC=C[C@]23O[C@@]4(C)C=CCOC(=O)[C@H]4[C@H]2C(=O)N([C@@H](CO)C(C)C)C3C1=O. The molecule has 192 valence electrons. The number of nitrogens with zero attached hydrogens (tertiary/aromatic N) is 2. The minimum atomic E-state index is -1.42. The number of carbonyl (C=O) groups excluding carboxylic acids is 3. The van der Waals surface area contributed by atoms with Crippen LogP contribution in [0.4, 0.5) is 5.69 Å². The molecule has 2 fully saturated rings. The van der Waals surface area contributed by atoms with E-state index in [1.807, 2.05) is 32.9 Å². The first kappa shape index (κ1) is 25.0. The fourth-order valence-corrected chi connectivity index (χ4v) is 6.76. The van der Waals surface area contributed by atoms with E-state index in [4.69, 9.17) is 21.1 Å². The van der Waals surface area contributed by atoms with E-state index < -0.39 is 47.0 Å². The predicted octanol–water partition coefficient (Wildman–Crippen LogP) is 2.65. The average Bonchev–Trinajstić information content (AvgIpc) is 3.07. The van der Waals surface area contributed by atoms with Gasteiger partial charge in [-0.25, -0.2) is 0 Å². The number of ether oxygens (including phenoxy) is 2. The number of esters is 1. The lowest BCUT2D eigenvalue weighted by Gasteiger charge is -2.41. The van der Waals surface area contributed by atoms with Gasteiger partial charge in [0.05, 0.1) is 34.9 Å². The molecule has 2 saturated heterocycles. The van der Waals surface area contributed by atoms with Crippen LogP contribution in [0.2, 0.25) is 5.02 Å². The predicted molar refractivity (Wildman–Crippen MR) is 133 cm³/mol. The third kappa shape index (κ3) is 3.38. The first-order valence-corrected chi connectivity index (χ1v) is 12.7. The summed E-state index contributed by atoms with van der Waals surface area (Å²) in [5, 5.41) is 10.7. The Morgan fingerprint density at radius 3 is 2.56 bits per heavy atom. The number of carbonyl (C=O) groups is 3. The zero-order chi connectivity index (χ0) is 26.0. The zero-order valence-corrected chi connectivity index (χ0v) is 21.6. The Morgan fingerprint density at radius 2 is 1.89 bits per heavy atom. The molecule has 1 aromatic rings. The van der Waals surface area contributed by atoms with Crippen molar-refractivity contribution in [1.29, 1.82) is 0 Å². The van der Waals surface area contributed by atoms with E-state index in [9.17, 15) is 19.5 Å². The number of cyclic esters (lactones) is 1. The number of amides is 2. The molecule has 2 amide bonds. The number of fused-ring (bicyclic) bond motifs is 2. The highest BCUT2D eigenvalue weighted by Crippen LogP contribution is 2.58. The topological polar surface area (TPSA) is 96.4 Å². The van der Waals surface area contributed by atoms with Gasteiger partial charge in [-0.2, -0.15) is 0 Å². The van der Waals surface area contributed by atoms with Crippen LogP contribution in [0.3, 0.4) is 0 Å². The molecule has 8 nitrogen and oxygen atoms in total. The third-order valence-electron chi connectivity index (χ3n) is 8.02. The number of aliphatic hydroxyl groups excluding tert-OH is 1. The van der Waals surface area contributed by atoms with Crippen LogP contribution >= 0.6 is 11.6 Å². The second-order valence-electron chi connectivity index (χ2n) is 10.5. The van der Waals surface area contributed by atoms with Gasteiger partial charge in [0, 0.05) is 6.54 Å². The number of aryl methyl sites for hydroxylation is 1. The summed E-state index contributed by atoms with van der Waals surface area (Å²) in [5.41, 5.74) is -1.18. The van der Waals surface area contributed by atoms with Crippen LogP contribution < -0.4 is 4.90 Å². The molecule has 1 N–H and O–H groups in total. The lowest BCUT2D eigenvalue weighted by molar-refractivity contribution is -0.158. The number of likely N-dealkylation sites (tertiary alicyclic amines) is 1. The van der Waals surface area contributed by atoms with Crippen molar-refractivity contribution in [3.63, 3.8) is 0 Å². The molecular formula is C27H31ClN2O6. The molecule has 4 heterocycles. The lowest BCUT2D eigenvalue weighted by atomic mass is 9.75. The maximum Gasteiger partial charge on any atom is 0.313 e. The van der Waals surface area contributed by atoms with Crippen LogP contribution in [-0.4, -0.2) is 70.8 Å². The molecule has 1 aromatic carbocycles. The summed E-state index contributed by atoms with van der Waals surface area (Å²) in [6.45, 7) is 7.37. The quantitative estimate of drug-likeness (QED) is 0.490. The maximum absolute atomic E-state index is 14.5. The Hall–Kier alpha value is -2.68. The van der Waals surface area contributed by atoms with Crippen molar-refractivity contribution in [2.45, 2.75) is 51.0 Å². The number of hydrogen-bond acceptors (Lipinski definition) is 6. The van der Waals surface area contributed by atoms with Crippen molar-refractivity contribution in [3.05, 3.63) is 53.1 Å². The minimum Gasteiger partial charge on any atom is -0.461 e. The first-order valence-electron chi connectivity index (χ1n) is 12.3. The Balaban J connectivity index is 1.72. The molecule has 0 aliphatic carbocycles. The van der Waals surface area contributed by atoms with E-state index in [0.29, 0.717) is 10.7 Å². The van der Waals surface area contributed by atoms with Gasteiger partial charge in [0.25, 0.3) is 5.91 Å². The maximum atomic E-state index is 14.5. The summed E-state index contributed by atoms with van der Waals surface area (Å²) in [7, 11) is 0. The number of para-hydroxylation sites is 1. The van der Waals surface area contributed by atoms with Gasteiger partial charge in [0.15, 0.2) is 0 Å². The number of rotatable bonds is 4. The fraction of sp³-hybridized carbons (Fsp3) is 0.519. The van der Waals surface area contributed by atoms with Gasteiger partial charge in [-0.05, 0) is 37.5 Å². The standard InChI is InChI=1S/C27H31ClN2O6/c1-15(2)18(14-31)30-22-24(33)29(21-16(3)8-5-9-17(21)28)12-6-11-27(22)19(23(30)32)20-25(34)35-13-7-10-26(20,4)36-27/h5-11,15,18-20,22,31H,12-14H2,1-4H3/t18-,19-,20+,22?,26-,27-/m0/s1. The van der Waals surface area contributed by atoms with E-state index in [-0.39, 0.29) is 31.6 Å². The molecule has 9 heteroatoms. The van der Waals surface area contributed by atoms with Gasteiger partial charge in [0.1, 0.15) is 24.2 Å². The van der Waals surface area contributed by atoms with Crippen molar-refractivity contribution >= 4 is 35.1 Å². The number of aliphatic hydroxyl groups is 1. The Bertz CT molecular complexity index is 1160. The zero-order valence-electron chi connectivity index (χ0n) is 20.8. The van der Waals surface area contributed by atoms with Crippen molar-refractivity contribution in [2.75, 3.05) is 24.7 Å². The normalized spacial score (nSPS) is 34.3. The van der Waals surface area contributed by atoms with Gasteiger partial charge >= 0.3 is 5.97 Å². The second-order valence-corrected chi connectivity index (χ2v) is 10.9. The number of hydrogen-bond donors (Lipinski definition) is 1. The Kier molecular flexibility index (Phi) is 6.05. The van der Waals surface area contributed by atoms with Gasteiger partial charge in [-0.1, -0.05) is 55.8 Å². The van der Waals surface area contributed by atoms with Crippen molar-refractivity contribution in [1.82, 2.24) is 4.90 Å². The molecule has 1 spiro atoms. The summed E-state index contributed by atoms with van der Waals surface area (Å²) >= 11 is 6.56. The lowest BCUT2D eigenvalue weighted by Crippen LogP contribution is -2.59. The van der Waals surface area contributed by atoms with Crippen molar-refractivity contribution in [2.24, 2.45) is 17.8 Å². The van der Waals surface area contributed by atoms with Gasteiger partial charge < -0.3 is 24.4 Å². The van der Waals surface area contributed by atoms with E-state index in [1.165, 1.54) is 4.90 Å². The molecule has 0 radical (unpaired) electrons. The molecule has 0 saturated carbocycles. The highest BCUT2D eigenvalue weighted by Gasteiger charge is 2.75. The van der Waals surface area contributed by atoms with Crippen LogP contribution in [0.5, 0.6) is 0 Å². The van der Waals surface area contributed by atoms with Gasteiger partial charge in [-0.15, -0.1) is 0 Å². The highest BCUT2D eigenvalue weighted by molar-refractivity contribution is 6.34. The summed E-state index contributed by atoms with van der Waals surface area (Å²) < 4.78 is 12.1. The van der Waals surface area contributed by atoms with Crippen LogP contribution in [0.25, 0.3) is 0 Å². The van der Waals surface area contributed by atoms with Crippen LogP contribution in [0, 0.1) is 24.7 Å². The summed E-state index contributed by atoms with van der Waals surface area (Å²) in [6.07, 6.45) is 7.03. The Labute approximate surface area is 215 Å². The van der Waals surface area contributed by atoms with E-state index >= 15 is 0 Å². The van der Waals surface area contributed by atoms with Crippen LogP contribution in [0.15, 0.2) is 42.5 Å². The van der Waals surface area contributed by atoms with Crippen LogP contribution in [0.1, 0.15) is 26.3 Å². The third-order valence-corrected chi connectivity index (χ3v) is 8.33. The van der Waals surface area contributed by atoms with E-state index in [1.54, 1.807) is 42.2 Å². The van der Waals surface area contributed by atoms with E-state index in [2.05, 4.69) is 0 Å². The fourth-order valence-electron chi connectivity index (χ4n) is 6.44. The smallest absolute Gasteiger partial charge is 0.313 e. The largest absolute Gasteiger partial charge is 0.461 e. The molecule has 4 aliphatic rings. The van der Waals surface area contributed by atoms with Crippen LogP contribution in [-0.2, 0) is 23.9 Å². The monoisotopic (exact) mass is 514 g/mol. The molecular weight excluding hydrogens is 484 g/mol. The molecule has 5 rings (SSSR count). The molecule has 0 aromatic heterocycles. The number of halogens is 1. The molecule has 36 heavy (non-hydrogen) atoms. The number of benzene rings is 1. The second kappa shape index (κ2) is 8.71. The summed E-state index contributed by atoms with van der Waals surface area (Å²) in [6, 6.07) is 3.65. The summed E-state index contributed by atoms with van der Waals surface area (Å²) in [4.78, 5) is 44.9. The van der Waals surface area contributed by atoms with Crippen molar-refractivity contribution in [3.8, 4) is 0 Å². The molecule has 1 unspecified atom stereocenters. The van der Waals surface area contributed by atoms with Crippen molar-refractivity contribution < 1.29 is 29.0 Å². The molecule has 0 bridgehead atoms. The first-order chi connectivity index (χ1) is 17.1. The summed E-state index contributed by atoms with van der Waals surface area (Å²) in [5.74, 6) is -3.38. The van der Waals surface area contributed by atoms with E-state index in [0.717, 1.165) is 5.56 Å².